The number of nitrogens with zero attached hydrogens (tertiary/aromatic N) is 3. The average molecular weight is 272 g/mol. The largest absolute Gasteiger partial charge is 0.308 e. The fraction of sp³-hybridized carbons (Fsp3) is 0.500. The number of benzene rings is 1. The van der Waals surface area contributed by atoms with Crippen LogP contribution in [0.15, 0.2) is 18.3 Å². The third-order valence-corrected chi connectivity index (χ3v) is 3.69. The van der Waals surface area contributed by atoms with E-state index in [-0.39, 0.29) is 6.04 Å². The lowest BCUT2D eigenvalue weighted by atomic mass is 9.92. The van der Waals surface area contributed by atoms with Gasteiger partial charge in [0.05, 0.1) is 17.9 Å². The standard InChI is InChI=1S/C16H24N4/c1-6-7-20-14(10-18-19-20)16(17-5)15-12(3)8-11(2)9-13(15)4/h8-10,16-17H,6-7H2,1-5H3. The Morgan fingerprint density at radius 2 is 1.85 bits per heavy atom. The molecule has 1 aromatic carbocycles. The molecule has 0 radical (unpaired) electrons. The van der Waals surface area contributed by atoms with Crippen molar-refractivity contribution in [2.24, 2.45) is 0 Å². The van der Waals surface area contributed by atoms with E-state index in [9.17, 15) is 0 Å². The van der Waals surface area contributed by atoms with Crippen molar-refractivity contribution in [1.82, 2.24) is 20.3 Å². The molecular weight excluding hydrogens is 248 g/mol. The summed E-state index contributed by atoms with van der Waals surface area (Å²) in [5.41, 5.74) is 6.39. The zero-order valence-electron chi connectivity index (χ0n) is 13.1. The second kappa shape index (κ2) is 6.18. The summed E-state index contributed by atoms with van der Waals surface area (Å²) in [5.74, 6) is 0. The molecule has 2 rings (SSSR count). The van der Waals surface area contributed by atoms with E-state index >= 15 is 0 Å². The van der Waals surface area contributed by atoms with Gasteiger partial charge in [0.2, 0.25) is 0 Å². The topological polar surface area (TPSA) is 42.7 Å². The van der Waals surface area contributed by atoms with Gasteiger partial charge in [-0.2, -0.15) is 0 Å². The lowest BCUT2D eigenvalue weighted by Gasteiger charge is -2.22. The highest BCUT2D eigenvalue weighted by molar-refractivity contribution is 5.42. The Bertz CT molecular complexity index is 563. The Labute approximate surface area is 121 Å². The first-order valence-corrected chi connectivity index (χ1v) is 7.21. The van der Waals surface area contributed by atoms with Crippen LogP contribution in [0.2, 0.25) is 0 Å². The SMILES string of the molecule is CCCn1nncc1C(NC)c1c(C)cc(C)cc1C. The van der Waals surface area contributed by atoms with E-state index in [4.69, 9.17) is 0 Å². The predicted molar refractivity (Wildman–Crippen MR) is 81.9 cm³/mol. The maximum atomic E-state index is 4.20. The molecule has 1 N–H and O–H groups in total. The van der Waals surface area contributed by atoms with Crippen molar-refractivity contribution in [2.75, 3.05) is 7.05 Å². The minimum absolute atomic E-state index is 0.136. The lowest BCUT2D eigenvalue weighted by molar-refractivity contribution is 0.522. The summed E-state index contributed by atoms with van der Waals surface area (Å²) in [6, 6.07) is 4.61. The first kappa shape index (κ1) is 14.7. The molecule has 4 nitrogen and oxygen atoms in total. The smallest absolute Gasteiger partial charge is 0.0802 e. The number of aryl methyl sites for hydroxylation is 4. The molecule has 108 valence electrons. The normalized spacial score (nSPS) is 12.7. The number of aromatic nitrogens is 3. The number of hydrogen-bond donors (Lipinski definition) is 1. The first-order valence-electron chi connectivity index (χ1n) is 7.21. The highest BCUT2D eigenvalue weighted by atomic mass is 15.4. The Hall–Kier alpha value is -1.68. The van der Waals surface area contributed by atoms with Gasteiger partial charge in [-0.3, -0.25) is 0 Å². The molecule has 4 heteroatoms. The van der Waals surface area contributed by atoms with Crippen LogP contribution in [0.25, 0.3) is 0 Å². The van der Waals surface area contributed by atoms with Crippen molar-refractivity contribution in [3.8, 4) is 0 Å². The minimum Gasteiger partial charge on any atom is -0.308 e. The van der Waals surface area contributed by atoms with Crippen LogP contribution in [0.5, 0.6) is 0 Å². The average Bonchev–Trinajstić information content (AvgIpc) is 2.82. The molecule has 0 aliphatic rings. The van der Waals surface area contributed by atoms with Gasteiger partial charge < -0.3 is 5.32 Å². The maximum absolute atomic E-state index is 4.20. The van der Waals surface area contributed by atoms with Crippen molar-refractivity contribution in [2.45, 2.75) is 46.7 Å². The monoisotopic (exact) mass is 272 g/mol. The lowest BCUT2D eigenvalue weighted by Crippen LogP contribution is -2.23. The Balaban J connectivity index is 2.50. The number of rotatable bonds is 5. The molecule has 1 unspecified atom stereocenters. The van der Waals surface area contributed by atoms with Gasteiger partial charge in [-0.25, -0.2) is 4.68 Å². The second-order valence-electron chi connectivity index (χ2n) is 5.42. The maximum Gasteiger partial charge on any atom is 0.0802 e. The van der Waals surface area contributed by atoms with Crippen molar-refractivity contribution in [1.29, 1.82) is 0 Å². The fourth-order valence-corrected chi connectivity index (χ4v) is 2.96. The minimum atomic E-state index is 0.136. The molecule has 0 aliphatic carbocycles. The van der Waals surface area contributed by atoms with Gasteiger partial charge >= 0.3 is 0 Å². The number of hydrogen-bond acceptors (Lipinski definition) is 3. The first-order chi connectivity index (χ1) is 9.58. The van der Waals surface area contributed by atoms with Crippen LogP contribution in [0, 0.1) is 20.8 Å². The molecule has 20 heavy (non-hydrogen) atoms. The molecule has 0 spiro atoms. The molecule has 0 fully saturated rings. The molecule has 0 aliphatic heterocycles. The Morgan fingerprint density at radius 1 is 1.20 bits per heavy atom. The molecule has 1 aromatic heterocycles. The highest BCUT2D eigenvalue weighted by Gasteiger charge is 2.21. The molecule has 1 heterocycles. The summed E-state index contributed by atoms with van der Waals surface area (Å²) in [6.45, 7) is 9.54. The van der Waals surface area contributed by atoms with E-state index in [1.807, 2.05) is 17.9 Å². The summed E-state index contributed by atoms with van der Waals surface area (Å²) < 4.78 is 2.00. The van der Waals surface area contributed by atoms with Crippen LogP contribution in [0.1, 0.15) is 47.3 Å². The third-order valence-electron chi connectivity index (χ3n) is 3.69. The van der Waals surface area contributed by atoms with E-state index in [0.29, 0.717) is 0 Å². The van der Waals surface area contributed by atoms with Crippen molar-refractivity contribution < 1.29 is 0 Å². The molecule has 0 bridgehead atoms. The molecule has 0 amide bonds. The predicted octanol–water partition coefficient (Wildman–Crippen LogP) is 2.92. The third kappa shape index (κ3) is 2.75. The van der Waals surface area contributed by atoms with Crippen LogP contribution in [-0.4, -0.2) is 22.0 Å². The zero-order chi connectivity index (χ0) is 14.7. The van der Waals surface area contributed by atoms with E-state index in [1.165, 1.54) is 22.3 Å². The van der Waals surface area contributed by atoms with Crippen LogP contribution in [-0.2, 0) is 6.54 Å². The van der Waals surface area contributed by atoms with Gasteiger partial charge in [-0.05, 0) is 50.9 Å². The van der Waals surface area contributed by atoms with Gasteiger partial charge in [0.1, 0.15) is 0 Å². The van der Waals surface area contributed by atoms with E-state index in [0.717, 1.165) is 18.7 Å². The van der Waals surface area contributed by atoms with Crippen LogP contribution >= 0.6 is 0 Å². The van der Waals surface area contributed by atoms with Crippen LogP contribution in [0.4, 0.5) is 0 Å². The Morgan fingerprint density at radius 3 is 2.40 bits per heavy atom. The second-order valence-corrected chi connectivity index (χ2v) is 5.42. The van der Waals surface area contributed by atoms with Gasteiger partial charge in [0.25, 0.3) is 0 Å². The van der Waals surface area contributed by atoms with Crippen LogP contribution in [0.3, 0.4) is 0 Å². The molecule has 2 aromatic rings. The van der Waals surface area contributed by atoms with Gasteiger partial charge in [0, 0.05) is 6.54 Å². The van der Waals surface area contributed by atoms with Crippen molar-refractivity contribution in [3.05, 3.63) is 46.3 Å². The molecule has 0 saturated carbocycles. The highest BCUT2D eigenvalue weighted by Crippen LogP contribution is 2.28. The van der Waals surface area contributed by atoms with E-state index < -0.39 is 0 Å². The summed E-state index contributed by atoms with van der Waals surface area (Å²) in [6.07, 6.45) is 2.92. The fourth-order valence-electron chi connectivity index (χ4n) is 2.96. The van der Waals surface area contributed by atoms with E-state index in [1.54, 1.807) is 0 Å². The molecule has 0 saturated heterocycles. The summed E-state index contributed by atoms with van der Waals surface area (Å²) >= 11 is 0. The van der Waals surface area contributed by atoms with Gasteiger partial charge in [-0.1, -0.05) is 29.8 Å². The summed E-state index contributed by atoms with van der Waals surface area (Å²) in [7, 11) is 1.99. The van der Waals surface area contributed by atoms with Crippen molar-refractivity contribution >= 4 is 0 Å². The van der Waals surface area contributed by atoms with Gasteiger partial charge in [-0.15, -0.1) is 5.10 Å². The number of nitrogens with one attached hydrogen (secondary N) is 1. The zero-order valence-corrected chi connectivity index (χ0v) is 13.1. The molecular formula is C16H24N4. The van der Waals surface area contributed by atoms with Crippen LogP contribution < -0.4 is 5.32 Å². The van der Waals surface area contributed by atoms with E-state index in [2.05, 4.69) is 55.5 Å². The summed E-state index contributed by atoms with van der Waals surface area (Å²) in [5, 5.41) is 11.7. The van der Waals surface area contributed by atoms with Gasteiger partial charge in [0.15, 0.2) is 0 Å². The molecule has 1 atom stereocenters. The van der Waals surface area contributed by atoms with Crippen molar-refractivity contribution in [3.63, 3.8) is 0 Å². The Kier molecular flexibility index (Phi) is 4.55. The quantitative estimate of drug-likeness (QED) is 0.910. The summed E-state index contributed by atoms with van der Waals surface area (Å²) in [4.78, 5) is 0.